The molecular weight excluding hydrogens is 187 g/mol. The second-order valence-corrected chi connectivity index (χ2v) is 2.91. The highest BCUT2D eigenvalue weighted by Gasteiger charge is 2.11. The number of halogens is 1. The van der Waals surface area contributed by atoms with Crippen LogP contribution in [0.15, 0.2) is 18.2 Å². The van der Waals surface area contributed by atoms with Crippen molar-refractivity contribution in [2.75, 3.05) is 5.73 Å². The van der Waals surface area contributed by atoms with Gasteiger partial charge in [0, 0.05) is 11.1 Å². The summed E-state index contributed by atoms with van der Waals surface area (Å²) in [5.74, 6) is -1.65. The van der Waals surface area contributed by atoms with Gasteiger partial charge in [0.1, 0.15) is 11.5 Å². The molecule has 0 radical (unpaired) electrons. The summed E-state index contributed by atoms with van der Waals surface area (Å²) >= 11 is 0. The average molecular weight is 194 g/mol. The number of nitrogen functional groups attached to an aromatic ring is 1. The molecule has 0 aliphatic rings. The Labute approximate surface area is 78.1 Å². The van der Waals surface area contributed by atoms with Crippen LogP contribution in [0.5, 0.6) is 0 Å². The molecule has 4 N–H and O–H groups in total. The molecule has 14 heavy (non-hydrogen) atoms. The molecule has 0 atom stereocenters. The van der Waals surface area contributed by atoms with Crippen LogP contribution in [0, 0.1) is 5.82 Å². The topological polar surface area (TPSA) is 79.1 Å². The van der Waals surface area contributed by atoms with Crippen molar-refractivity contribution in [2.24, 2.45) is 0 Å². The third kappa shape index (κ3) is 1.10. The van der Waals surface area contributed by atoms with Crippen molar-refractivity contribution >= 4 is 22.6 Å². The van der Waals surface area contributed by atoms with E-state index in [0.29, 0.717) is 11.1 Å². The molecule has 0 amide bonds. The maximum absolute atomic E-state index is 13.2. The first-order chi connectivity index (χ1) is 6.59. The SMILES string of the molecule is Nc1ccc(F)c2[nH]c(C(=O)O)cc12. The molecule has 72 valence electrons. The molecule has 0 aliphatic heterocycles. The van der Waals surface area contributed by atoms with Crippen LogP contribution in [0.2, 0.25) is 0 Å². The van der Waals surface area contributed by atoms with Crippen LogP contribution in [-0.4, -0.2) is 16.1 Å². The normalized spacial score (nSPS) is 10.6. The number of carboxylic acid groups (broad SMARTS) is 1. The molecule has 0 fully saturated rings. The number of H-pyrrole nitrogens is 1. The van der Waals surface area contributed by atoms with E-state index in [1.54, 1.807) is 0 Å². The van der Waals surface area contributed by atoms with Gasteiger partial charge in [0.2, 0.25) is 0 Å². The van der Waals surface area contributed by atoms with Crippen LogP contribution in [0.3, 0.4) is 0 Å². The Kier molecular flexibility index (Phi) is 1.67. The molecule has 0 unspecified atom stereocenters. The number of aromatic amines is 1. The van der Waals surface area contributed by atoms with Crippen molar-refractivity contribution in [1.29, 1.82) is 0 Å². The average Bonchev–Trinajstić information content (AvgIpc) is 2.57. The van der Waals surface area contributed by atoms with Crippen LogP contribution in [0.25, 0.3) is 10.9 Å². The highest BCUT2D eigenvalue weighted by atomic mass is 19.1. The highest BCUT2D eigenvalue weighted by Crippen LogP contribution is 2.24. The Balaban J connectivity index is 2.82. The fourth-order valence-corrected chi connectivity index (χ4v) is 1.32. The molecule has 1 aromatic carbocycles. The van der Waals surface area contributed by atoms with Crippen molar-refractivity contribution in [3.63, 3.8) is 0 Å². The fraction of sp³-hybridized carbons (Fsp3) is 0. The summed E-state index contributed by atoms with van der Waals surface area (Å²) in [6.45, 7) is 0. The number of benzene rings is 1. The number of anilines is 1. The summed E-state index contributed by atoms with van der Waals surface area (Å²) in [7, 11) is 0. The van der Waals surface area contributed by atoms with E-state index in [2.05, 4.69) is 4.98 Å². The number of aromatic nitrogens is 1. The van der Waals surface area contributed by atoms with Crippen LogP contribution < -0.4 is 5.73 Å². The van der Waals surface area contributed by atoms with Gasteiger partial charge in [-0.1, -0.05) is 0 Å². The van der Waals surface area contributed by atoms with E-state index in [9.17, 15) is 9.18 Å². The Morgan fingerprint density at radius 1 is 1.50 bits per heavy atom. The second-order valence-electron chi connectivity index (χ2n) is 2.91. The number of fused-ring (bicyclic) bond motifs is 1. The zero-order chi connectivity index (χ0) is 10.3. The number of nitrogens with two attached hydrogens (primary N) is 1. The molecule has 0 saturated carbocycles. The number of rotatable bonds is 1. The molecule has 2 rings (SSSR count). The van der Waals surface area contributed by atoms with E-state index < -0.39 is 11.8 Å². The summed E-state index contributed by atoms with van der Waals surface area (Å²) < 4.78 is 13.2. The number of hydrogen-bond donors (Lipinski definition) is 3. The number of carboxylic acids is 1. The van der Waals surface area contributed by atoms with Gasteiger partial charge in [-0.25, -0.2) is 9.18 Å². The van der Waals surface area contributed by atoms with Crippen molar-refractivity contribution in [3.05, 3.63) is 29.7 Å². The monoisotopic (exact) mass is 194 g/mol. The van der Waals surface area contributed by atoms with Crippen molar-refractivity contribution in [3.8, 4) is 0 Å². The number of nitrogens with one attached hydrogen (secondary N) is 1. The predicted octanol–water partition coefficient (Wildman–Crippen LogP) is 1.59. The smallest absolute Gasteiger partial charge is 0.352 e. The van der Waals surface area contributed by atoms with Gasteiger partial charge in [-0.15, -0.1) is 0 Å². The Bertz CT molecular complexity index is 480. The van der Waals surface area contributed by atoms with E-state index in [0.717, 1.165) is 0 Å². The summed E-state index contributed by atoms with van der Waals surface area (Å²) in [5, 5.41) is 9.06. The molecule has 5 heteroatoms. The molecule has 0 spiro atoms. The van der Waals surface area contributed by atoms with Gasteiger partial charge in [0.15, 0.2) is 0 Å². The summed E-state index contributed by atoms with van der Waals surface area (Å²) in [4.78, 5) is 13.0. The molecule has 0 saturated heterocycles. The van der Waals surface area contributed by atoms with E-state index in [4.69, 9.17) is 10.8 Å². The second kappa shape index (κ2) is 2.73. The summed E-state index contributed by atoms with van der Waals surface area (Å²) in [6, 6.07) is 3.91. The molecule has 0 bridgehead atoms. The van der Waals surface area contributed by atoms with Crippen LogP contribution in [0.1, 0.15) is 10.5 Å². The summed E-state index contributed by atoms with van der Waals surface area (Å²) in [5.41, 5.74) is 5.97. The summed E-state index contributed by atoms with van der Waals surface area (Å²) in [6.07, 6.45) is 0. The van der Waals surface area contributed by atoms with Gasteiger partial charge >= 0.3 is 5.97 Å². The maximum Gasteiger partial charge on any atom is 0.352 e. The van der Waals surface area contributed by atoms with Crippen molar-refractivity contribution < 1.29 is 14.3 Å². The van der Waals surface area contributed by atoms with Gasteiger partial charge < -0.3 is 15.8 Å². The largest absolute Gasteiger partial charge is 0.477 e. The zero-order valence-corrected chi connectivity index (χ0v) is 7.04. The molecule has 4 nitrogen and oxygen atoms in total. The highest BCUT2D eigenvalue weighted by molar-refractivity contribution is 5.98. The van der Waals surface area contributed by atoms with Gasteiger partial charge in [-0.05, 0) is 18.2 Å². The maximum atomic E-state index is 13.2. The number of hydrogen-bond acceptors (Lipinski definition) is 2. The predicted molar refractivity (Wildman–Crippen MR) is 49.6 cm³/mol. The molecule has 2 aromatic rings. The van der Waals surface area contributed by atoms with Gasteiger partial charge in [0.25, 0.3) is 0 Å². The lowest BCUT2D eigenvalue weighted by Crippen LogP contribution is -1.95. The Morgan fingerprint density at radius 3 is 2.79 bits per heavy atom. The van der Waals surface area contributed by atoms with Gasteiger partial charge in [-0.2, -0.15) is 0 Å². The standard InChI is InChI=1S/C9H7FN2O2/c10-5-1-2-6(11)4-3-7(9(13)14)12-8(4)5/h1-3,12H,11H2,(H,13,14). The van der Waals surface area contributed by atoms with E-state index in [1.807, 2.05) is 0 Å². The molecule has 1 aromatic heterocycles. The number of aromatic carboxylic acids is 1. The van der Waals surface area contributed by atoms with Crippen LogP contribution in [-0.2, 0) is 0 Å². The van der Waals surface area contributed by atoms with E-state index in [1.165, 1.54) is 18.2 Å². The van der Waals surface area contributed by atoms with Gasteiger partial charge in [0.05, 0.1) is 5.52 Å². The number of carbonyl (C=O) groups is 1. The third-order valence-electron chi connectivity index (χ3n) is 2.01. The minimum atomic E-state index is -1.14. The minimum absolute atomic E-state index is 0.0724. The van der Waals surface area contributed by atoms with E-state index >= 15 is 0 Å². The first kappa shape index (κ1) is 8.55. The van der Waals surface area contributed by atoms with E-state index in [-0.39, 0.29) is 11.2 Å². The van der Waals surface area contributed by atoms with Gasteiger partial charge in [-0.3, -0.25) is 0 Å². The van der Waals surface area contributed by atoms with Crippen molar-refractivity contribution in [1.82, 2.24) is 4.98 Å². The fourth-order valence-electron chi connectivity index (χ4n) is 1.32. The lowest BCUT2D eigenvalue weighted by Gasteiger charge is -1.95. The first-order valence-corrected chi connectivity index (χ1v) is 3.89. The van der Waals surface area contributed by atoms with Crippen LogP contribution in [0.4, 0.5) is 10.1 Å². The third-order valence-corrected chi connectivity index (χ3v) is 2.01. The van der Waals surface area contributed by atoms with Crippen molar-refractivity contribution in [2.45, 2.75) is 0 Å². The first-order valence-electron chi connectivity index (χ1n) is 3.89. The van der Waals surface area contributed by atoms with Crippen LogP contribution >= 0.6 is 0 Å². The Morgan fingerprint density at radius 2 is 2.21 bits per heavy atom. The lowest BCUT2D eigenvalue weighted by atomic mass is 10.2. The minimum Gasteiger partial charge on any atom is -0.477 e. The molecule has 1 heterocycles. The Hall–Kier alpha value is -2.04. The molecule has 0 aliphatic carbocycles. The zero-order valence-electron chi connectivity index (χ0n) is 7.04. The lowest BCUT2D eigenvalue weighted by molar-refractivity contribution is 0.0691. The molecular formula is C9H7FN2O2. The quantitative estimate of drug-likeness (QED) is 0.603.